The average molecular weight is 298 g/mol. The lowest BCUT2D eigenvalue weighted by Gasteiger charge is -2.08. The van der Waals surface area contributed by atoms with E-state index >= 15 is 0 Å². The van der Waals surface area contributed by atoms with Gasteiger partial charge in [0, 0.05) is 29.0 Å². The molecule has 0 spiro atoms. The summed E-state index contributed by atoms with van der Waals surface area (Å²) in [5, 5.41) is 6.43. The number of hydrogen-bond acceptors (Lipinski definition) is 4. The van der Waals surface area contributed by atoms with Gasteiger partial charge in [0.15, 0.2) is 0 Å². The molecule has 2 aromatic rings. The molecule has 0 aliphatic rings. The topological polar surface area (TPSA) is 50.9 Å². The van der Waals surface area contributed by atoms with Gasteiger partial charge >= 0.3 is 0 Å². The zero-order chi connectivity index (χ0) is 11.4. The van der Waals surface area contributed by atoms with E-state index in [4.69, 9.17) is 5.73 Å². The summed E-state index contributed by atoms with van der Waals surface area (Å²) in [4.78, 5) is 4.23. The molecule has 1 aromatic heterocycles. The molecule has 0 bridgehead atoms. The fourth-order valence-electron chi connectivity index (χ4n) is 1.36. The zero-order valence-corrected chi connectivity index (χ0v) is 11.0. The molecule has 5 heteroatoms. The molecule has 0 saturated carbocycles. The number of halogens is 1. The summed E-state index contributed by atoms with van der Waals surface area (Å²) in [5.74, 6) is 0. The number of thiazole rings is 1. The Hall–Kier alpha value is -1.07. The van der Waals surface area contributed by atoms with Gasteiger partial charge in [-0.1, -0.05) is 15.9 Å². The van der Waals surface area contributed by atoms with Crippen LogP contribution in [0.1, 0.15) is 5.01 Å². The van der Waals surface area contributed by atoms with Crippen LogP contribution in [0.3, 0.4) is 0 Å². The third-order valence-corrected chi connectivity index (χ3v) is 3.49. The molecule has 0 unspecified atom stereocenters. The van der Waals surface area contributed by atoms with Gasteiger partial charge in [-0.2, -0.15) is 0 Å². The first-order valence-electron chi connectivity index (χ1n) is 4.93. The standard InChI is InChI=1S/C11H12BrN3S/c12-8-1-2-9(13)10(7-8)14-4-3-11-15-5-6-16-11/h1-2,5-7,14H,3-4,13H2. The van der Waals surface area contributed by atoms with Crippen molar-refractivity contribution in [3.8, 4) is 0 Å². The molecule has 0 atom stereocenters. The molecule has 1 aromatic carbocycles. The van der Waals surface area contributed by atoms with E-state index in [2.05, 4.69) is 26.2 Å². The Bertz CT molecular complexity index is 456. The number of aromatic nitrogens is 1. The molecule has 1 heterocycles. The minimum atomic E-state index is 0.766. The SMILES string of the molecule is Nc1ccc(Br)cc1NCCc1nccs1. The molecule has 0 saturated heterocycles. The first-order chi connectivity index (χ1) is 7.75. The lowest BCUT2D eigenvalue weighted by molar-refractivity contribution is 0.998. The number of nitrogens with zero attached hydrogens (tertiary/aromatic N) is 1. The van der Waals surface area contributed by atoms with Gasteiger partial charge in [0.2, 0.25) is 0 Å². The van der Waals surface area contributed by atoms with Gasteiger partial charge in [-0.15, -0.1) is 11.3 Å². The van der Waals surface area contributed by atoms with Crippen molar-refractivity contribution in [3.05, 3.63) is 39.3 Å². The highest BCUT2D eigenvalue weighted by atomic mass is 79.9. The van der Waals surface area contributed by atoms with Gasteiger partial charge in [0.1, 0.15) is 0 Å². The van der Waals surface area contributed by atoms with Crippen molar-refractivity contribution >= 4 is 38.6 Å². The van der Waals surface area contributed by atoms with Crippen LogP contribution in [-0.2, 0) is 6.42 Å². The predicted octanol–water partition coefficient (Wildman–Crippen LogP) is 3.14. The van der Waals surface area contributed by atoms with Crippen molar-refractivity contribution in [2.24, 2.45) is 0 Å². The summed E-state index contributed by atoms with van der Waals surface area (Å²) in [7, 11) is 0. The largest absolute Gasteiger partial charge is 0.397 e. The number of anilines is 2. The maximum Gasteiger partial charge on any atom is 0.0942 e. The molecule has 0 fully saturated rings. The van der Waals surface area contributed by atoms with Gasteiger partial charge in [-0.25, -0.2) is 4.98 Å². The molecule has 84 valence electrons. The highest BCUT2D eigenvalue weighted by Crippen LogP contribution is 2.23. The lowest BCUT2D eigenvalue weighted by Crippen LogP contribution is -2.06. The van der Waals surface area contributed by atoms with E-state index in [9.17, 15) is 0 Å². The average Bonchev–Trinajstić information content (AvgIpc) is 2.76. The summed E-state index contributed by atoms with van der Waals surface area (Å²) in [6.07, 6.45) is 2.75. The Balaban J connectivity index is 1.92. The van der Waals surface area contributed by atoms with Crippen LogP contribution in [0.5, 0.6) is 0 Å². The van der Waals surface area contributed by atoms with Crippen molar-refractivity contribution in [2.45, 2.75) is 6.42 Å². The monoisotopic (exact) mass is 297 g/mol. The van der Waals surface area contributed by atoms with Crippen LogP contribution < -0.4 is 11.1 Å². The second-order valence-corrected chi connectivity index (χ2v) is 5.23. The number of nitrogens with two attached hydrogens (primary N) is 1. The fraction of sp³-hybridized carbons (Fsp3) is 0.182. The third kappa shape index (κ3) is 2.96. The van der Waals surface area contributed by atoms with Crippen LogP contribution in [0, 0.1) is 0 Å². The molecular formula is C11H12BrN3S. The van der Waals surface area contributed by atoms with E-state index in [-0.39, 0.29) is 0 Å². The van der Waals surface area contributed by atoms with E-state index in [1.807, 2.05) is 29.8 Å². The smallest absolute Gasteiger partial charge is 0.0942 e. The first-order valence-corrected chi connectivity index (χ1v) is 6.60. The Morgan fingerprint density at radius 3 is 3.06 bits per heavy atom. The van der Waals surface area contributed by atoms with Crippen LogP contribution >= 0.6 is 27.3 Å². The predicted molar refractivity (Wildman–Crippen MR) is 72.9 cm³/mol. The summed E-state index contributed by atoms with van der Waals surface area (Å²) in [6, 6.07) is 5.80. The van der Waals surface area contributed by atoms with Gasteiger partial charge < -0.3 is 11.1 Å². The minimum absolute atomic E-state index is 0.766. The Labute approximate surface area is 107 Å². The van der Waals surface area contributed by atoms with E-state index in [1.54, 1.807) is 11.3 Å². The first kappa shape index (κ1) is 11.4. The summed E-state index contributed by atoms with van der Waals surface area (Å²) in [6.45, 7) is 0.841. The van der Waals surface area contributed by atoms with E-state index in [1.165, 1.54) is 0 Å². The number of nitrogen functional groups attached to an aromatic ring is 1. The Morgan fingerprint density at radius 2 is 2.31 bits per heavy atom. The van der Waals surface area contributed by atoms with Crippen molar-refractivity contribution in [2.75, 3.05) is 17.6 Å². The fourth-order valence-corrected chi connectivity index (χ4v) is 2.34. The third-order valence-electron chi connectivity index (χ3n) is 2.15. The maximum absolute atomic E-state index is 5.85. The minimum Gasteiger partial charge on any atom is -0.397 e. The number of nitrogens with one attached hydrogen (secondary N) is 1. The molecule has 3 nitrogen and oxygen atoms in total. The van der Waals surface area contributed by atoms with Gasteiger partial charge in [0.05, 0.1) is 16.4 Å². The highest BCUT2D eigenvalue weighted by molar-refractivity contribution is 9.10. The summed E-state index contributed by atoms with van der Waals surface area (Å²) < 4.78 is 1.03. The van der Waals surface area contributed by atoms with Crippen LogP contribution in [0.2, 0.25) is 0 Å². The van der Waals surface area contributed by atoms with Crippen LogP contribution in [0.25, 0.3) is 0 Å². The summed E-state index contributed by atoms with van der Waals surface area (Å²) >= 11 is 5.09. The Morgan fingerprint density at radius 1 is 1.44 bits per heavy atom. The van der Waals surface area contributed by atoms with Gasteiger partial charge in [0.25, 0.3) is 0 Å². The van der Waals surface area contributed by atoms with E-state index < -0.39 is 0 Å². The quantitative estimate of drug-likeness (QED) is 0.853. The van der Waals surface area contributed by atoms with Gasteiger partial charge in [-0.05, 0) is 18.2 Å². The highest BCUT2D eigenvalue weighted by Gasteiger charge is 2.00. The number of benzene rings is 1. The van der Waals surface area contributed by atoms with Crippen molar-refractivity contribution in [1.29, 1.82) is 0 Å². The van der Waals surface area contributed by atoms with Crippen molar-refractivity contribution in [1.82, 2.24) is 4.98 Å². The van der Waals surface area contributed by atoms with Gasteiger partial charge in [-0.3, -0.25) is 0 Å². The van der Waals surface area contributed by atoms with Crippen LogP contribution in [0.4, 0.5) is 11.4 Å². The van der Waals surface area contributed by atoms with Crippen LogP contribution in [0.15, 0.2) is 34.2 Å². The molecule has 2 rings (SSSR count). The second-order valence-electron chi connectivity index (χ2n) is 3.33. The number of rotatable bonds is 4. The second kappa shape index (κ2) is 5.32. The Kier molecular flexibility index (Phi) is 3.79. The van der Waals surface area contributed by atoms with Crippen molar-refractivity contribution < 1.29 is 0 Å². The van der Waals surface area contributed by atoms with Crippen molar-refractivity contribution in [3.63, 3.8) is 0 Å². The summed E-state index contributed by atoms with van der Waals surface area (Å²) in [5.41, 5.74) is 7.58. The van der Waals surface area contributed by atoms with E-state index in [0.717, 1.165) is 33.8 Å². The molecule has 0 aliphatic carbocycles. The van der Waals surface area contributed by atoms with Crippen LogP contribution in [-0.4, -0.2) is 11.5 Å². The normalized spacial score (nSPS) is 10.3. The molecule has 0 aliphatic heterocycles. The maximum atomic E-state index is 5.85. The lowest BCUT2D eigenvalue weighted by atomic mass is 10.2. The molecule has 3 N–H and O–H groups in total. The van der Waals surface area contributed by atoms with E-state index in [0.29, 0.717) is 0 Å². The molecule has 16 heavy (non-hydrogen) atoms. The molecule has 0 radical (unpaired) electrons. The zero-order valence-electron chi connectivity index (χ0n) is 8.61. The molecular weight excluding hydrogens is 286 g/mol. The number of hydrogen-bond donors (Lipinski definition) is 2. The molecule has 0 amide bonds.